The second kappa shape index (κ2) is 5.48. The van der Waals surface area contributed by atoms with Gasteiger partial charge in [0.2, 0.25) is 0 Å². The van der Waals surface area contributed by atoms with Crippen LogP contribution in [0.5, 0.6) is 0 Å². The van der Waals surface area contributed by atoms with E-state index in [1.807, 2.05) is 0 Å². The summed E-state index contributed by atoms with van der Waals surface area (Å²) < 4.78 is 13.4. The van der Waals surface area contributed by atoms with Crippen molar-refractivity contribution in [1.29, 1.82) is 0 Å². The average Bonchev–Trinajstić information content (AvgIpc) is 2.35. The number of rotatable bonds is 2. The summed E-state index contributed by atoms with van der Waals surface area (Å²) in [6, 6.07) is 4.71. The Kier molecular flexibility index (Phi) is 3.97. The fraction of sp³-hybridized carbons (Fsp3) is 0.500. The highest BCUT2D eigenvalue weighted by Gasteiger charge is 2.23. The van der Waals surface area contributed by atoms with Crippen LogP contribution in [0.3, 0.4) is 0 Å². The lowest BCUT2D eigenvalue weighted by atomic mass is 9.94. The van der Waals surface area contributed by atoms with Gasteiger partial charge >= 0.3 is 0 Å². The number of aryl methyl sites for hydroxylation is 1. The van der Waals surface area contributed by atoms with Crippen molar-refractivity contribution in [3.63, 3.8) is 0 Å². The summed E-state index contributed by atoms with van der Waals surface area (Å²) in [7, 11) is 0. The molecule has 1 saturated heterocycles. The zero-order valence-electron chi connectivity index (χ0n) is 10.8. The van der Waals surface area contributed by atoms with E-state index in [4.69, 9.17) is 0 Å². The second-order valence-corrected chi connectivity index (χ2v) is 5.01. The molecule has 3 nitrogen and oxygen atoms in total. The van der Waals surface area contributed by atoms with Crippen LogP contribution in [0.4, 0.5) is 4.39 Å². The summed E-state index contributed by atoms with van der Waals surface area (Å²) in [6.45, 7) is 5.58. The summed E-state index contributed by atoms with van der Waals surface area (Å²) in [5.74, 6) is -0.0857. The maximum atomic E-state index is 13.4. The molecule has 1 heterocycles. The number of hydrogen-bond donors (Lipinski definition) is 2. The van der Waals surface area contributed by atoms with E-state index in [0.717, 1.165) is 19.5 Å². The highest BCUT2D eigenvalue weighted by Crippen LogP contribution is 2.13. The molecule has 1 aliphatic rings. The molecule has 1 aromatic rings. The van der Waals surface area contributed by atoms with E-state index in [1.54, 1.807) is 19.1 Å². The van der Waals surface area contributed by atoms with Crippen LogP contribution in [0, 0.1) is 18.7 Å². The van der Waals surface area contributed by atoms with Crippen molar-refractivity contribution >= 4 is 5.91 Å². The maximum Gasteiger partial charge on any atom is 0.251 e. The SMILES string of the molecule is Cc1ccc(C(=O)N[C@H]2CNCC[C@@H]2C)cc1F. The van der Waals surface area contributed by atoms with Crippen LogP contribution in [0.1, 0.15) is 29.3 Å². The van der Waals surface area contributed by atoms with Gasteiger partial charge in [-0.15, -0.1) is 0 Å². The van der Waals surface area contributed by atoms with Crippen LogP contribution in [0.2, 0.25) is 0 Å². The lowest BCUT2D eigenvalue weighted by Crippen LogP contribution is -2.50. The Morgan fingerprint density at radius 2 is 2.28 bits per heavy atom. The van der Waals surface area contributed by atoms with Crippen molar-refractivity contribution in [1.82, 2.24) is 10.6 Å². The monoisotopic (exact) mass is 250 g/mol. The standard InChI is InChI=1S/C14H19FN2O/c1-9-3-4-11(7-12(9)15)14(18)17-13-8-16-6-5-10(13)2/h3-4,7,10,13,16H,5-6,8H2,1-2H3,(H,17,18)/t10-,13-/m0/s1. The van der Waals surface area contributed by atoms with Gasteiger partial charge in [0.15, 0.2) is 0 Å². The van der Waals surface area contributed by atoms with Crippen LogP contribution in [-0.2, 0) is 0 Å². The number of amides is 1. The molecule has 1 fully saturated rings. The number of carbonyl (C=O) groups excluding carboxylic acids is 1. The van der Waals surface area contributed by atoms with Crippen molar-refractivity contribution in [3.05, 3.63) is 35.1 Å². The summed E-state index contributed by atoms with van der Waals surface area (Å²) >= 11 is 0. The largest absolute Gasteiger partial charge is 0.348 e. The quantitative estimate of drug-likeness (QED) is 0.841. The molecule has 2 rings (SSSR count). The van der Waals surface area contributed by atoms with Gasteiger partial charge in [-0.2, -0.15) is 0 Å². The third kappa shape index (κ3) is 2.88. The number of piperidine rings is 1. The Morgan fingerprint density at radius 1 is 1.50 bits per heavy atom. The first-order chi connectivity index (χ1) is 8.58. The molecule has 1 amide bonds. The highest BCUT2D eigenvalue weighted by molar-refractivity contribution is 5.94. The summed E-state index contributed by atoms with van der Waals surface area (Å²) in [5, 5.41) is 6.22. The van der Waals surface area contributed by atoms with Crippen LogP contribution < -0.4 is 10.6 Å². The molecule has 4 heteroatoms. The number of nitrogens with one attached hydrogen (secondary N) is 2. The van der Waals surface area contributed by atoms with Gasteiger partial charge in [-0.3, -0.25) is 4.79 Å². The van der Waals surface area contributed by atoms with Gasteiger partial charge in [0, 0.05) is 18.2 Å². The predicted octanol–water partition coefficient (Wildman–Crippen LogP) is 1.86. The first-order valence-electron chi connectivity index (χ1n) is 6.35. The van der Waals surface area contributed by atoms with E-state index >= 15 is 0 Å². The van der Waals surface area contributed by atoms with Gasteiger partial charge in [0.05, 0.1) is 0 Å². The van der Waals surface area contributed by atoms with Crippen LogP contribution >= 0.6 is 0 Å². The van der Waals surface area contributed by atoms with Crippen molar-refractivity contribution in [3.8, 4) is 0 Å². The fourth-order valence-electron chi connectivity index (χ4n) is 2.17. The number of halogens is 1. The normalized spacial score (nSPS) is 23.7. The van der Waals surface area contributed by atoms with E-state index in [2.05, 4.69) is 17.6 Å². The molecule has 1 aliphatic heterocycles. The minimum Gasteiger partial charge on any atom is -0.348 e. The number of hydrogen-bond acceptors (Lipinski definition) is 2. The summed E-state index contributed by atoms with van der Waals surface area (Å²) in [6.07, 6.45) is 1.05. The Morgan fingerprint density at radius 3 is 2.94 bits per heavy atom. The maximum absolute atomic E-state index is 13.4. The molecule has 18 heavy (non-hydrogen) atoms. The molecule has 0 unspecified atom stereocenters. The Balaban J connectivity index is 2.04. The molecule has 0 saturated carbocycles. The van der Waals surface area contributed by atoms with Gasteiger partial charge in [0.25, 0.3) is 5.91 Å². The van der Waals surface area contributed by atoms with E-state index < -0.39 is 0 Å². The summed E-state index contributed by atoms with van der Waals surface area (Å²) in [5.41, 5.74) is 0.940. The predicted molar refractivity (Wildman–Crippen MR) is 69.0 cm³/mol. The van der Waals surface area contributed by atoms with Gasteiger partial charge in [0.1, 0.15) is 5.82 Å². The van der Waals surface area contributed by atoms with Gasteiger partial charge in [-0.25, -0.2) is 4.39 Å². The van der Waals surface area contributed by atoms with E-state index in [9.17, 15) is 9.18 Å². The second-order valence-electron chi connectivity index (χ2n) is 5.01. The molecule has 0 aliphatic carbocycles. The Bertz CT molecular complexity index is 447. The van der Waals surface area contributed by atoms with Crippen molar-refractivity contribution in [2.24, 2.45) is 5.92 Å². The van der Waals surface area contributed by atoms with E-state index in [-0.39, 0.29) is 17.8 Å². The number of benzene rings is 1. The van der Waals surface area contributed by atoms with E-state index in [0.29, 0.717) is 17.0 Å². The lowest BCUT2D eigenvalue weighted by Gasteiger charge is -2.30. The molecular formula is C14H19FN2O. The third-order valence-electron chi connectivity index (χ3n) is 3.58. The molecule has 0 bridgehead atoms. The van der Waals surface area contributed by atoms with Gasteiger partial charge in [-0.05, 0) is 43.5 Å². The first-order valence-corrected chi connectivity index (χ1v) is 6.35. The smallest absolute Gasteiger partial charge is 0.251 e. The van der Waals surface area contributed by atoms with Crippen LogP contribution in [0.25, 0.3) is 0 Å². The summed E-state index contributed by atoms with van der Waals surface area (Å²) in [4.78, 5) is 12.0. The molecule has 2 N–H and O–H groups in total. The van der Waals surface area contributed by atoms with E-state index in [1.165, 1.54) is 6.07 Å². The molecule has 0 aromatic heterocycles. The van der Waals surface area contributed by atoms with Crippen molar-refractivity contribution < 1.29 is 9.18 Å². The minimum absolute atomic E-state index is 0.121. The van der Waals surface area contributed by atoms with Crippen LogP contribution in [0.15, 0.2) is 18.2 Å². The Hall–Kier alpha value is -1.42. The molecule has 0 radical (unpaired) electrons. The minimum atomic E-state index is -0.336. The molecular weight excluding hydrogens is 231 g/mol. The Labute approximate surface area is 107 Å². The zero-order valence-corrected chi connectivity index (χ0v) is 10.8. The van der Waals surface area contributed by atoms with Gasteiger partial charge < -0.3 is 10.6 Å². The third-order valence-corrected chi connectivity index (χ3v) is 3.58. The molecule has 0 spiro atoms. The first kappa shape index (κ1) is 13.0. The lowest BCUT2D eigenvalue weighted by molar-refractivity contribution is 0.0915. The number of carbonyl (C=O) groups is 1. The molecule has 98 valence electrons. The average molecular weight is 250 g/mol. The van der Waals surface area contributed by atoms with Crippen molar-refractivity contribution in [2.45, 2.75) is 26.3 Å². The van der Waals surface area contributed by atoms with Crippen LogP contribution in [-0.4, -0.2) is 25.0 Å². The molecule has 1 aromatic carbocycles. The molecule has 2 atom stereocenters. The fourth-order valence-corrected chi connectivity index (χ4v) is 2.17. The van der Waals surface area contributed by atoms with Gasteiger partial charge in [-0.1, -0.05) is 13.0 Å². The highest BCUT2D eigenvalue weighted by atomic mass is 19.1. The zero-order chi connectivity index (χ0) is 13.1. The topological polar surface area (TPSA) is 41.1 Å². The van der Waals surface area contributed by atoms with Crippen molar-refractivity contribution in [2.75, 3.05) is 13.1 Å².